The highest BCUT2D eigenvalue weighted by atomic mass is 15.2. The molecule has 2 aliphatic rings. The Balaban J connectivity index is 1.20. The van der Waals surface area contributed by atoms with E-state index in [9.17, 15) is 10.5 Å². The number of allylic oxidation sites excluding steroid dienone is 4. The maximum absolute atomic E-state index is 10.4. The van der Waals surface area contributed by atoms with E-state index >= 15 is 0 Å². The first kappa shape index (κ1) is 28.6. The van der Waals surface area contributed by atoms with Crippen LogP contribution < -0.4 is 4.90 Å². The van der Waals surface area contributed by atoms with Crippen LogP contribution in [-0.2, 0) is 6.42 Å². The molecule has 0 fully saturated rings. The van der Waals surface area contributed by atoms with Gasteiger partial charge in [0.05, 0.1) is 34.4 Å². The van der Waals surface area contributed by atoms with E-state index in [1.165, 1.54) is 33.3 Å². The first-order valence-corrected chi connectivity index (χ1v) is 16.7. The molecule has 0 saturated carbocycles. The fourth-order valence-corrected chi connectivity index (χ4v) is 7.84. The van der Waals surface area contributed by atoms with Crippen LogP contribution in [-0.4, -0.2) is 4.57 Å². The van der Waals surface area contributed by atoms with E-state index in [2.05, 4.69) is 155 Å². The van der Waals surface area contributed by atoms with Crippen molar-refractivity contribution in [3.63, 3.8) is 0 Å². The van der Waals surface area contributed by atoms with Crippen molar-refractivity contribution >= 4 is 33.2 Å². The molecule has 0 spiro atoms. The van der Waals surface area contributed by atoms with Gasteiger partial charge in [-0.15, -0.1) is 0 Å². The summed E-state index contributed by atoms with van der Waals surface area (Å²) in [6.07, 6.45) is 4.48. The number of rotatable bonds is 4. The van der Waals surface area contributed by atoms with Crippen LogP contribution in [0, 0.1) is 22.7 Å². The fraction of sp³-hybridized carbons (Fsp3) is 0.0667. The van der Waals surface area contributed by atoms with Gasteiger partial charge in [-0.2, -0.15) is 10.5 Å². The van der Waals surface area contributed by atoms with E-state index in [-0.39, 0.29) is 0 Å². The average molecular weight is 627 g/mol. The third-order valence-corrected chi connectivity index (χ3v) is 9.99. The SMILES string of the molecule is N#CC1=CC2=C(CC1)N(c1ccc(-c3c(C#N)cccc3-c3ccccc3-n3c4ccccc4c4ccccc43)cc1)c1ccccc1C2. The summed E-state index contributed by atoms with van der Waals surface area (Å²) < 4.78 is 2.35. The van der Waals surface area contributed by atoms with E-state index < -0.39 is 0 Å². The highest BCUT2D eigenvalue weighted by Crippen LogP contribution is 2.45. The van der Waals surface area contributed by atoms with Crippen molar-refractivity contribution in [1.29, 1.82) is 10.5 Å². The summed E-state index contributed by atoms with van der Waals surface area (Å²) in [7, 11) is 0. The smallest absolute Gasteiger partial charge is 0.0998 e. The monoisotopic (exact) mass is 626 g/mol. The van der Waals surface area contributed by atoms with Crippen molar-refractivity contribution in [3.8, 4) is 40.1 Å². The van der Waals surface area contributed by atoms with Crippen molar-refractivity contribution in [2.75, 3.05) is 4.90 Å². The van der Waals surface area contributed by atoms with Crippen molar-refractivity contribution in [1.82, 2.24) is 4.57 Å². The second kappa shape index (κ2) is 11.6. The van der Waals surface area contributed by atoms with Crippen LogP contribution >= 0.6 is 0 Å². The molecule has 49 heavy (non-hydrogen) atoms. The summed E-state index contributed by atoms with van der Waals surface area (Å²) in [5.41, 5.74) is 14.8. The molecule has 1 aliphatic carbocycles. The normalized spacial score (nSPS) is 13.8. The van der Waals surface area contributed by atoms with E-state index in [1.807, 2.05) is 12.1 Å². The first-order chi connectivity index (χ1) is 24.2. The van der Waals surface area contributed by atoms with Crippen molar-refractivity contribution < 1.29 is 0 Å². The summed E-state index contributed by atoms with van der Waals surface area (Å²) in [5, 5.41) is 22.5. The van der Waals surface area contributed by atoms with Crippen LogP contribution in [0.25, 0.3) is 49.7 Å². The lowest BCUT2D eigenvalue weighted by Gasteiger charge is -2.37. The molecule has 1 aliphatic heterocycles. The molecule has 1 aromatic heterocycles. The highest BCUT2D eigenvalue weighted by molar-refractivity contribution is 6.10. The first-order valence-electron chi connectivity index (χ1n) is 16.7. The van der Waals surface area contributed by atoms with Gasteiger partial charge in [0, 0.05) is 51.0 Å². The number of para-hydroxylation sites is 4. The lowest BCUT2D eigenvalue weighted by Crippen LogP contribution is -2.25. The summed E-state index contributed by atoms with van der Waals surface area (Å²) in [6, 6.07) is 53.7. The minimum atomic E-state index is 0.636. The van der Waals surface area contributed by atoms with Gasteiger partial charge in [-0.1, -0.05) is 97.1 Å². The molecule has 0 bridgehead atoms. The molecule has 2 heterocycles. The zero-order valence-electron chi connectivity index (χ0n) is 26.8. The molecule has 0 amide bonds. The second-order valence-corrected chi connectivity index (χ2v) is 12.7. The predicted molar refractivity (Wildman–Crippen MR) is 199 cm³/mol. The van der Waals surface area contributed by atoms with Gasteiger partial charge in [0.25, 0.3) is 0 Å². The van der Waals surface area contributed by atoms with Crippen molar-refractivity contribution in [2.45, 2.75) is 19.3 Å². The Labute approximate surface area is 285 Å². The molecule has 7 aromatic rings. The molecule has 0 N–H and O–H groups in total. The lowest BCUT2D eigenvalue weighted by molar-refractivity contribution is 0.841. The van der Waals surface area contributed by atoms with Crippen molar-refractivity contribution in [3.05, 3.63) is 174 Å². The second-order valence-electron chi connectivity index (χ2n) is 12.7. The van der Waals surface area contributed by atoms with Crippen LogP contribution in [0.3, 0.4) is 0 Å². The standard InChI is InChI=1S/C45H30N4/c46-28-30-20-25-41-34(26-30)27-32-10-1-5-16-40(32)48(41)35-23-21-31(22-24-35)45-33(29-47)11-9-15-39(45)38-14-4-8-19-44(38)49-42-17-6-2-12-36(42)37-13-3-7-18-43(37)49/h1-19,21-24,26H,20,25,27H2. The number of anilines is 2. The van der Waals surface area contributed by atoms with E-state index in [1.54, 1.807) is 0 Å². The molecule has 0 saturated heterocycles. The van der Waals surface area contributed by atoms with Gasteiger partial charge in [0.2, 0.25) is 0 Å². The van der Waals surface area contributed by atoms with Crippen LogP contribution in [0.5, 0.6) is 0 Å². The average Bonchev–Trinajstić information content (AvgIpc) is 3.50. The maximum atomic E-state index is 10.4. The van der Waals surface area contributed by atoms with Gasteiger partial charge in [0.1, 0.15) is 0 Å². The predicted octanol–water partition coefficient (Wildman–Crippen LogP) is 11.2. The van der Waals surface area contributed by atoms with Gasteiger partial charge in [-0.3, -0.25) is 0 Å². The molecule has 9 rings (SSSR count). The zero-order chi connectivity index (χ0) is 32.9. The molecular weight excluding hydrogens is 597 g/mol. The minimum Gasteiger partial charge on any atom is -0.314 e. The summed E-state index contributed by atoms with van der Waals surface area (Å²) in [5.74, 6) is 0. The van der Waals surface area contributed by atoms with Crippen LogP contribution in [0.4, 0.5) is 11.4 Å². The molecule has 4 heteroatoms. The Hall–Kier alpha value is -6.62. The fourth-order valence-electron chi connectivity index (χ4n) is 7.84. The lowest BCUT2D eigenvalue weighted by atomic mass is 9.87. The number of aromatic nitrogens is 1. The van der Waals surface area contributed by atoms with Crippen LogP contribution in [0.15, 0.2) is 162 Å². The Morgan fingerprint density at radius 1 is 0.551 bits per heavy atom. The molecule has 0 radical (unpaired) electrons. The third kappa shape index (κ3) is 4.58. The van der Waals surface area contributed by atoms with Gasteiger partial charge in [-0.05, 0) is 83.6 Å². The van der Waals surface area contributed by atoms with E-state index in [4.69, 9.17) is 0 Å². The molecule has 0 atom stereocenters. The topological polar surface area (TPSA) is 55.8 Å². The molecule has 230 valence electrons. The van der Waals surface area contributed by atoms with E-state index in [0.29, 0.717) is 5.56 Å². The van der Waals surface area contributed by atoms with Crippen LogP contribution in [0.1, 0.15) is 24.0 Å². The number of hydrogen-bond acceptors (Lipinski definition) is 3. The number of nitriles is 2. The van der Waals surface area contributed by atoms with Gasteiger partial charge in [-0.25, -0.2) is 0 Å². The molecule has 4 nitrogen and oxygen atoms in total. The zero-order valence-corrected chi connectivity index (χ0v) is 26.8. The number of benzene rings is 6. The number of fused-ring (bicyclic) bond motifs is 4. The summed E-state index contributed by atoms with van der Waals surface area (Å²) in [6.45, 7) is 0. The van der Waals surface area contributed by atoms with Gasteiger partial charge < -0.3 is 9.47 Å². The molecule has 6 aromatic carbocycles. The summed E-state index contributed by atoms with van der Waals surface area (Å²) in [4.78, 5) is 2.36. The highest BCUT2D eigenvalue weighted by Gasteiger charge is 2.28. The Kier molecular flexibility index (Phi) is 6.75. The Bertz CT molecular complexity index is 2550. The Morgan fingerprint density at radius 3 is 1.94 bits per heavy atom. The summed E-state index contributed by atoms with van der Waals surface area (Å²) >= 11 is 0. The van der Waals surface area contributed by atoms with Crippen LogP contribution in [0.2, 0.25) is 0 Å². The van der Waals surface area contributed by atoms with Crippen molar-refractivity contribution in [2.24, 2.45) is 0 Å². The minimum absolute atomic E-state index is 0.636. The number of nitrogens with zero attached hydrogens (tertiary/aromatic N) is 4. The number of hydrogen-bond donors (Lipinski definition) is 0. The van der Waals surface area contributed by atoms with E-state index in [0.717, 1.165) is 69.5 Å². The Morgan fingerprint density at radius 2 is 1.20 bits per heavy atom. The largest absolute Gasteiger partial charge is 0.314 e. The maximum Gasteiger partial charge on any atom is 0.0998 e. The quantitative estimate of drug-likeness (QED) is 0.195. The third-order valence-electron chi connectivity index (χ3n) is 9.99. The molecular formula is C45H30N4. The van der Waals surface area contributed by atoms with Gasteiger partial charge in [0.15, 0.2) is 0 Å². The van der Waals surface area contributed by atoms with Gasteiger partial charge >= 0.3 is 0 Å². The molecule has 0 unspecified atom stereocenters.